The summed E-state index contributed by atoms with van der Waals surface area (Å²) in [4.78, 5) is 15.9. The highest BCUT2D eigenvalue weighted by molar-refractivity contribution is 5.65. The van der Waals surface area contributed by atoms with Crippen LogP contribution in [-0.2, 0) is 0 Å². The van der Waals surface area contributed by atoms with Crippen LogP contribution in [-0.4, -0.2) is 19.9 Å². The Hall–Kier alpha value is -2.50. The molecule has 2 aromatic heterocycles. The Kier molecular flexibility index (Phi) is 5.58. The number of anilines is 2. The summed E-state index contributed by atoms with van der Waals surface area (Å²) in [7, 11) is 0. The summed E-state index contributed by atoms with van der Waals surface area (Å²) in [5.41, 5.74) is 13.4. The van der Waals surface area contributed by atoms with E-state index in [1.165, 1.54) is 0 Å². The second-order valence-corrected chi connectivity index (χ2v) is 4.55. The molecule has 0 saturated carbocycles. The molecular weight excluding hydrogens is 252 g/mol. The van der Waals surface area contributed by atoms with Gasteiger partial charge in [-0.2, -0.15) is 0 Å². The fourth-order valence-electron chi connectivity index (χ4n) is 1.48. The second kappa shape index (κ2) is 7.18. The van der Waals surface area contributed by atoms with E-state index in [-0.39, 0.29) is 0 Å². The minimum absolute atomic E-state index is 0.355. The lowest BCUT2D eigenvalue weighted by Gasteiger charge is -2.04. The van der Waals surface area contributed by atoms with E-state index in [0.717, 1.165) is 11.3 Å². The Morgan fingerprint density at radius 3 is 1.80 bits per heavy atom. The maximum absolute atomic E-state index is 5.55. The predicted molar refractivity (Wildman–Crippen MR) is 81.7 cm³/mol. The Morgan fingerprint density at radius 2 is 1.45 bits per heavy atom. The molecule has 4 N–H and O–H groups in total. The van der Waals surface area contributed by atoms with Crippen molar-refractivity contribution in [3.8, 4) is 0 Å². The molecular formula is C14H20N6. The lowest BCUT2D eigenvalue weighted by molar-refractivity contribution is 0.817. The summed E-state index contributed by atoms with van der Waals surface area (Å²) in [6.07, 6.45) is 6.41. The maximum Gasteiger partial charge on any atom is 0.149 e. The summed E-state index contributed by atoms with van der Waals surface area (Å²) in [5, 5.41) is 0. The van der Waals surface area contributed by atoms with Crippen LogP contribution in [0.4, 0.5) is 11.6 Å². The maximum atomic E-state index is 5.55. The van der Waals surface area contributed by atoms with Gasteiger partial charge in [-0.3, -0.25) is 9.97 Å². The third kappa shape index (κ3) is 4.31. The Balaban J connectivity index is 0.000000200. The Bertz CT molecular complexity index is 579. The van der Waals surface area contributed by atoms with Crippen molar-refractivity contribution >= 4 is 17.2 Å². The molecule has 6 heteroatoms. The normalized spacial score (nSPS) is 9.80. The van der Waals surface area contributed by atoms with Gasteiger partial charge in [0.2, 0.25) is 0 Å². The molecule has 0 atom stereocenters. The number of allylic oxidation sites excluding steroid dienone is 1. The van der Waals surface area contributed by atoms with Crippen molar-refractivity contribution in [3.63, 3.8) is 0 Å². The summed E-state index contributed by atoms with van der Waals surface area (Å²) in [5.74, 6) is 1.33. The van der Waals surface area contributed by atoms with Crippen LogP contribution in [0.2, 0.25) is 0 Å². The zero-order valence-corrected chi connectivity index (χ0v) is 12.0. The Morgan fingerprint density at radius 1 is 0.950 bits per heavy atom. The van der Waals surface area contributed by atoms with E-state index < -0.39 is 0 Å². The number of aromatic nitrogens is 4. The average molecular weight is 272 g/mol. The third-order valence-corrected chi connectivity index (χ3v) is 2.43. The Labute approximate surface area is 119 Å². The molecule has 0 aromatic carbocycles. The molecule has 0 spiro atoms. The number of nitrogen functional groups attached to an aromatic ring is 2. The van der Waals surface area contributed by atoms with Crippen LogP contribution >= 0.6 is 0 Å². The van der Waals surface area contributed by atoms with Crippen molar-refractivity contribution in [3.05, 3.63) is 42.8 Å². The molecule has 106 valence electrons. The van der Waals surface area contributed by atoms with Crippen molar-refractivity contribution in [2.45, 2.75) is 26.7 Å². The predicted octanol–water partition coefficient (Wildman–Crippen LogP) is 2.27. The van der Waals surface area contributed by atoms with E-state index in [4.69, 9.17) is 11.5 Å². The summed E-state index contributed by atoms with van der Waals surface area (Å²) in [6.45, 7) is 9.64. The van der Waals surface area contributed by atoms with Crippen molar-refractivity contribution in [1.29, 1.82) is 0 Å². The molecule has 0 saturated heterocycles. The molecule has 0 fully saturated rings. The molecule has 0 amide bonds. The quantitative estimate of drug-likeness (QED) is 0.869. The molecule has 0 aliphatic rings. The summed E-state index contributed by atoms with van der Waals surface area (Å²) in [6, 6.07) is 0. The number of nitrogens with two attached hydrogens (primary N) is 2. The molecule has 20 heavy (non-hydrogen) atoms. The highest BCUT2D eigenvalue weighted by Gasteiger charge is 2.03. The lowest BCUT2D eigenvalue weighted by atomic mass is 10.1. The van der Waals surface area contributed by atoms with Gasteiger partial charge in [-0.25, -0.2) is 9.97 Å². The topological polar surface area (TPSA) is 104 Å². The number of hydrogen-bond donors (Lipinski definition) is 2. The third-order valence-electron chi connectivity index (χ3n) is 2.43. The van der Waals surface area contributed by atoms with Crippen LogP contribution in [0.3, 0.4) is 0 Å². The van der Waals surface area contributed by atoms with Crippen LogP contribution in [0.5, 0.6) is 0 Å². The van der Waals surface area contributed by atoms with Gasteiger partial charge in [-0.15, -0.1) is 0 Å². The van der Waals surface area contributed by atoms with Crippen molar-refractivity contribution in [2.24, 2.45) is 0 Å². The molecule has 0 radical (unpaired) electrons. The van der Waals surface area contributed by atoms with Crippen molar-refractivity contribution < 1.29 is 0 Å². The molecule has 6 nitrogen and oxygen atoms in total. The van der Waals surface area contributed by atoms with Crippen molar-refractivity contribution in [1.82, 2.24) is 19.9 Å². The number of rotatable bonds is 2. The molecule has 0 aliphatic heterocycles. The second-order valence-electron chi connectivity index (χ2n) is 4.55. The van der Waals surface area contributed by atoms with Gasteiger partial charge in [0, 0.05) is 24.8 Å². The van der Waals surface area contributed by atoms with Gasteiger partial charge in [0.1, 0.15) is 17.3 Å². The van der Waals surface area contributed by atoms with E-state index in [1.807, 2.05) is 20.8 Å². The highest BCUT2D eigenvalue weighted by atomic mass is 14.9. The van der Waals surface area contributed by atoms with Gasteiger partial charge in [-0.05, 0) is 18.4 Å². The van der Waals surface area contributed by atoms with Gasteiger partial charge < -0.3 is 11.5 Å². The first-order valence-corrected chi connectivity index (χ1v) is 6.22. The molecule has 2 heterocycles. The fraction of sp³-hybridized carbons (Fsp3) is 0.286. The number of hydrogen-bond acceptors (Lipinski definition) is 6. The molecule has 2 aromatic rings. The van der Waals surface area contributed by atoms with Gasteiger partial charge >= 0.3 is 0 Å². The van der Waals surface area contributed by atoms with Gasteiger partial charge in [-0.1, -0.05) is 20.4 Å². The van der Waals surface area contributed by atoms with Crippen LogP contribution < -0.4 is 11.5 Å². The average Bonchev–Trinajstić information content (AvgIpc) is 2.40. The number of nitrogens with zero attached hydrogens (tertiary/aromatic N) is 4. The first kappa shape index (κ1) is 15.6. The van der Waals surface area contributed by atoms with Gasteiger partial charge in [0.25, 0.3) is 0 Å². The minimum Gasteiger partial charge on any atom is -0.382 e. The lowest BCUT2D eigenvalue weighted by Crippen LogP contribution is -2.01. The summed E-state index contributed by atoms with van der Waals surface area (Å²) >= 11 is 0. The minimum atomic E-state index is 0.355. The van der Waals surface area contributed by atoms with Gasteiger partial charge in [0.15, 0.2) is 0 Å². The highest BCUT2D eigenvalue weighted by Crippen LogP contribution is 2.14. The first-order chi connectivity index (χ1) is 9.43. The van der Waals surface area contributed by atoms with E-state index in [0.29, 0.717) is 23.2 Å². The standard InChI is InChI=1S/C7H11N3.C7H9N3/c2*1-5(2)6-7(8)10-4-3-9-6/h3-5H,1-2H3,(H2,8,10);3-4H,1H2,2H3,(H2,8,10). The molecule has 0 bridgehead atoms. The SMILES string of the molecule is C=C(C)c1nccnc1N.CC(C)c1nccnc1N. The molecule has 0 unspecified atom stereocenters. The van der Waals surface area contributed by atoms with Gasteiger partial charge in [0.05, 0.1) is 5.69 Å². The van der Waals surface area contributed by atoms with Crippen LogP contribution in [0.15, 0.2) is 31.4 Å². The van der Waals surface area contributed by atoms with Crippen molar-refractivity contribution in [2.75, 3.05) is 11.5 Å². The van der Waals surface area contributed by atoms with E-state index in [2.05, 4.69) is 26.5 Å². The molecule has 2 rings (SSSR count). The van der Waals surface area contributed by atoms with E-state index in [9.17, 15) is 0 Å². The van der Waals surface area contributed by atoms with E-state index in [1.54, 1.807) is 24.8 Å². The molecule has 0 aliphatic carbocycles. The van der Waals surface area contributed by atoms with Crippen LogP contribution in [0.25, 0.3) is 5.57 Å². The first-order valence-electron chi connectivity index (χ1n) is 6.22. The van der Waals surface area contributed by atoms with Crippen LogP contribution in [0, 0.1) is 0 Å². The smallest absolute Gasteiger partial charge is 0.149 e. The fourth-order valence-corrected chi connectivity index (χ4v) is 1.48. The summed E-state index contributed by atoms with van der Waals surface area (Å²) < 4.78 is 0. The van der Waals surface area contributed by atoms with Crippen LogP contribution in [0.1, 0.15) is 38.1 Å². The monoisotopic (exact) mass is 272 g/mol. The van der Waals surface area contributed by atoms with E-state index >= 15 is 0 Å². The zero-order valence-electron chi connectivity index (χ0n) is 12.0. The zero-order chi connectivity index (χ0) is 15.1. The largest absolute Gasteiger partial charge is 0.382 e.